The van der Waals surface area contributed by atoms with E-state index in [0.717, 1.165) is 11.3 Å². The van der Waals surface area contributed by atoms with Crippen molar-refractivity contribution in [3.05, 3.63) is 35.7 Å². The van der Waals surface area contributed by atoms with Crippen LogP contribution in [0.5, 0.6) is 5.75 Å². The number of aryl methyl sites for hydroxylation is 1. The predicted molar refractivity (Wildman–Crippen MR) is 79.8 cm³/mol. The second-order valence-corrected chi connectivity index (χ2v) is 4.48. The Morgan fingerprint density at radius 1 is 1.09 bits per heavy atom. The van der Waals surface area contributed by atoms with Crippen LogP contribution in [0.3, 0.4) is 0 Å². The average Bonchev–Trinajstić information content (AvgIpc) is 2.50. The van der Waals surface area contributed by atoms with Gasteiger partial charge >= 0.3 is 5.97 Å². The monoisotopic (exact) mass is 303 g/mol. The van der Waals surface area contributed by atoms with E-state index in [1.54, 1.807) is 7.11 Å². The lowest BCUT2D eigenvalue weighted by molar-refractivity contribution is -0.145. The molecule has 0 aliphatic carbocycles. The lowest BCUT2D eigenvalue weighted by Gasteiger charge is -2.05. The Hall–Kier alpha value is -2.90. The van der Waals surface area contributed by atoms with E-state index in [9.17, 15) is 4.79 Å². The van der Waals surface area contributed by atoms with Gasteiger partial charge in [-0.15, -0.1) is 0 Å². The second-order valence-electron chi connectivity index (χ2n) is 4.48. The first-order chi connectivity index (χ1) is 10.6. The third-order valence-electron chi connectivity index (χ3n) is 2.86. The van der Waals surface area contributed by atoms with Crippen molar-refractivity contribution in [2.75, 3.05) is 18.6 Å². The minimum atomic E-state index is -0.353. The van der Waals surface area contributed by atoms with Crippen molar-refractivity contribution >= 4 is 17.9 Å². The van der Waals surface area contributed by atoms with Gasteiger partial charge in [0.05, 0.1) is 7.11 Å². The molecule has 0 saturated heterocycles. The topological polar surface area (TPSA) is 126 Å². The smallest absolute Gasteiger partial charge is 0.306 e. The summed E-state index contributed by atoms with van der Waals surface area (Å²) in [6.07, 6.45) is 0.826. The van der Waals surface area contributed by atoms with Crippen LogP contribution in [-0.4, -0.2) is 28.0 Å². The van der Waals surface area contributed by atoms with Crippen LogP contribution >= 0.6 is 0 Å². The van der Waals surface area contributed by atoms with Gasteiger partial charge in [-0.25, -0.2) is 0 Å². The Bertz CT molecular complexity index is 625. The summed E-state index contributed by atoms with van der Waals surface area (Å²) in [6.45, 7) is -0.0850. The summed E-state index contributed by atoms with van der Waals surface area (Å²) in [5, 5.41) is 0. The molecule has 8 nitrogen and oxygen atoms in total. The number of ether oxygens (including phenoxy) is 2. The Labute approximate surface area is 127 Å². The number of anilines is 2. The molecule has 0 radical (unpaired) electrons. The standard InChI is InChI=1S/C14H17N5O3/c1-21-10-5-2-9(3-6-10)4-7-12(20)22-8-11-17-13(15)19-14(16)18-11/h2-3,5-6H,4,7-8H2,1H3,(H4,15,16,17,18,19). The zero-order valence-corrected chi connectivity index (χ0v) is 12.2. The molecule has 1 aromatic heterocycles. The molecule has 2 rings (SSSR count). The van der Waals surface area contributed by atoms with Crippen molar-refractivity contribution in [2.45, 2.75) is 19.4 Å². The second kappa shape index (κ2) is 7.21. The summed E-state index contributed by atoms with van der Waals surface area (Å²) >= 11 is 0. The van der Waals surface area contributed by atoms with Gasteiger partial charge in [0.2, 0.25) is 11.9 Å². The molecule has 2 aromatic rings. The van der Waals surface area contributed by atoms with Crippen LogP contribution in [0.2, 0.25) is 0 Å². The van der Waals surface area contributed by atoms with Gasteiger partial charge in [0.1, 0.15) is 5.75 Å². The molecule has 0 aliphatic rings. The molecule has 22 heavy (non-hydrogen) atoms. The molecule has 1 aromatic carbocycles. The van der Waals surface area contributed by atoms with Gasteiger partial charge in [-0.3, -0.25) is 4.79 Å². The normalized spacial score (nSPS) is 10.2. The summed E-state index contributed by atoms with van der Waals surface area (Å²) < 4.78 is 10.1. The molecular formula is C14H17N5O3. The van der Waals surface area contributed by atoms with Gasteiger partial charge in [-0.05, 0) is 24.1 Å². The van der Waals surface area contributed by atoms with Crippen molar-refractivity contribution in [3.8, 4) is 5.75 Å². The molecule has 0 bridgehead atoms. The van der Waals surface area contributed by atoms with E-state index >= 15 is 0 Å². The van der Waals surface area contributed by atoms with E-state index in [4.69, 9.17) is 20.9 Å². The number of nitrogens with zero attached hydrogens (tertiary/aromatic N) is 3. The zero-order chi connectivity index (χ0) is 15.9. The molecule has 116 valence electrons. The van der Waals surface area contributed by atoms with Gasteiger partial charge in [0.25, 0.3) is 0 Å². The average molecular weight is 303 g/mol. The summed E-state index contributed by atoms with van der Waals surface area (Å²) in [6, 6.07) is 7.49. The first-order valence-electron chi connectivity index (χ1n) is 6.61. The summed E-state index contributed by atoms with van der Waals surface area (Å²) in [5.74, 6) is 0.640. The number of nitrogen functional groups attached to an aromatic ring is 2. The maximum atomic E-state index is 11.7. The number of methoxy groups -OCH3 is 1. The van der Waals surface area contributed by atoms with E-state index in [1.807, 2.05) is 24.3 Å². The van der Waals surface area contributed by atoms with Crippen LogP contribution in [0.25, 0.3) is 0 Å². The summed E-state index contributed by atoms with van der Waals surface area (Å²) in [5.41, 5.74) is 11.9. The number of nitrogens with two attached hydrogens (primary N) is 2. The maximum absolute atomic E-state index is 11.7. The number of esters is 1. The Morgan fingerprint density at radius 2 is 1.73 bits per heavy atom. The summed E-state index contributed by atoms with van der Waals surface area (Å²) in [4.78, 5) is 23.0. The molecule has 1 heterocycles. The molecule has 0 amide bonds. The van der Waals surface area contributed by atoms with Crippen molar-refractivity contribution in [3.63, 3.8) is 0 Å². The molecule has 4 N–H and O–H groups in total. The van der Waals surface area contributed by atoms with E-state index in [2.05, 4.69) is 15.0 Å². The quantitative estimate of drug-likeness (QED) is 0.747. The molecule has 0 fully saturated rings. The van der Waals surface area contributed by atoms with Gasteiger partial charge in [-0.2, -0.15) is 15.0 Å². The predicted octanol–water partition coefficient (Wildman–Crippen LogP) is 0.721. The number of hydrogen-bond acceptors (Lipinski definition) is 8. The minimum Gasteiger partial charge on any atom is -0.497 e. The number of hydrogen-bond donors (Lipinski definition) is 2. The SMILES string of the molecule is COc1ccc(CCC(=O)OCc2nc(N)nc(N)n2)cc1. The van der Waals surface area contributed by atoms with Crippen LogP contribution in [0.15, 0.2) is 24.3 Å². The first kappa shape index (κ1) is 15.5. The number of rotatable bonds is 6. The molecule has 0 atom stereocenters. The van der Waals surface area contributed by atoms with Crippen molar-refractivity contribution in [1.29, 1.82) is 0 Å². The van der Waals surface area contributed by atoms with Crippen LogP contribution in [0, 0.1) is 0 Å². The van der Waals surface area contributed by atoms with E-state index in [1.165, 1.54) is 0 Å². The number of aromatic nitrogens is 3. The number of benzene rings is 1. The van der Waals surface area contributed by atoms with Crippen molar-refractivity contribution in [1.82, 2.24) is 15.0 Å². The fourth-order valence-corrected chi connectivity index (χ4v) is 1.78. The summed E-state index contributed by atoms with van der Waals surface area (Å²) in [7, 11) is 1.60. The van der Waals surface area contributed by atoms with Gasteiger partial charge < -0.3 is 20.9 Å². The zero-order valence-electron chi connectivity index (χ0n) is 12.2. The third-order valence-corrected chi connectivity index (χ3v) is 2.86. The van der Waals surface area contributed by atoms with E-state index in [0.29, 0.717) is 6.42 Å². The lowest BCUT2D eigenvalue weighted by Crippen LogP contribution is -2.11. The molecule has 0 aliphatic heterocycles. The highest BCUT2D eigenvalue weighted by atomic mass is 16.5. The molecular weight excluding hydrogens is 286 g/mol. The van der Waals surface area contributed by atoms with Crippen LogP contribution in [-0.2, 0) is 22.6 Å². The molecule has 0 unspecified atom stereocenters. The van der Waals surface area contributed by atoms with Crippen LogP contribution in [0.1, 0.15) is 17.8 Å². The Balaban J connectivity index is 1.80. The molecule has 0 spiro atoms. The first-order valence-corrected chi connectivity index (χ1v) is 6.61. The highest BCUT2D eigenvalue weighted by molar-refractivity contribution is 5.69. The Kier molecular flexibility index (Phi) is 5.07. The van der Waals surface area contributed by atoms with Crippen LogP contribution in [0.4, 0.5) is 11.9 Å². The minimum absolute atomic E-state index is 0.00298. The van der Waals surface area contributed by atoms with Crippen molar-refractivity contribution in [2.24, 2.45) is 0 Å². The third kappa shape index (κ3) is 4.58. The number of carbonyl (C=O) groups is 1. The Morgan fingerprint density at radius 3 is 2.32 bits per heavy atom. The van der Waals surface area contributed by atoms with Crippen molar-refractivity contribution < 1.29 is 14.3 Å². The van der Waals surface area contributed by atoms with E-state index in [-0.39, 0.29) is 36.7 Å². The number of carbonyl (C=O) groups excluding carboxylic acids is 1. The van der Waals surface area contributed by atoms with Crippen LogP contribution < -0.4 is 16.2 Å². The lowest BCUT2D eigenvalue weighted by atomic mass is 10.1. The van der Waals surface area contributed by atoms with Gasteiger partial charge in [0, 0.05) is 6.42 Å². The highest BCUT2D eigenvalue weighted by Crippen LogP contribution is 2.13. The fraction of sp³-hybridized carbons (Fsp3) is 0.286. The largest absolute Gasteiger partial charge is 0.497 e. The van der Waals surface area contributed by atoms with Gasteiger partial charge in [-0.1, -0.05) is 12.1 Å². The van der Waals surface area contributed by atoms with E-state index < -0.39 is 0 Å². The molecule has 8 heteroatoms. The fourth-order valence-electron chi connectivity index (χ4n) is 1.78. The maximum Gasteiger partial charge on any atom is 0.306 e. The van der Waals surface area contributed by atoms with Gasteiger partial charge in [0.15, 0.2) is 12.4 Å². The highest BCUT2D eigenvalue weighted by Gasteiger charge is 2.07. The molecule has 0 saturated carbocycles.